The van der Waals surface area contributed by atoms with Crippen molar-refractivity contribution in [3.63, 3.8) is 0 Å². The molecule has 0 aromatic heterocycles. The van der Waals surface area contributed by atoms with Crippen molar-refractivity contribution in [3.05, 3.63) is 35.6 Å². The zero-order valence-electron chi connectivity index (χ0n) is 14.1. The SMILES string of the molecule is CC(C)[C@@H]1CN2C[C@@H](NS(=O)(=O)Cc3ccccc3F)C[C@H]2CO1. The average molecular weight is 356 g/mol. The van der Waals surface area contributed by atoms with Gasteiger partial charge in [-0.15, -0.1) is 0 Å². The molecule has 2 aliphatic rings. The molecule has 24 heavy (non-hydrogen) atoms. The fourth-order valence-corrected chi connectivity index (χ4v) is 4.91. The minimum absolute atomic E-state index is 0.138. The number of morpholine rings is 1. The maximum absolute atomic E-state index is 13.7. The van der Waals surface area contributed by atoms with Crippen molar-refractivity contribution in [3.8, 4) is 0 Å². The van der Waals surface area contributed by atoms with Gasteiger partial charge in [-0.2, -0.15) is 0 Å². The van der Waals surface area contributed by atoms with E-state index in [4.69, 9.17) is 4.74 Å². The molecule has 0 aliphatic carbocycles. The van der Waals surface area contributed by atoms with Crippen molar-refractivity contribution < 1.29 is 17.5 Å². The highest BCUT2D eigenvalue weighted by molar-refractivity contribution is 7.88. The Morgan fingerprint density at radius 1 is 1.33 bits per heavy atom. The molecular weight excluding hydrogens is 331 g/mol. The third-order valence-electron chi connectivity index (χ3n) is 4.84. The first-order valence-electron chi connectivity index (χ1n) is 8.43. The van der Waals surface area contributed by atoms with E-state index in [-0.39, 0.29) is 29.5 Å². The first-order valence-corrected chi connectivity index (χ1v) is 10.1. The minimum Gasteiger partial charge on any atom is -0.375 e. The predicted octanol–water partition coefficient (Wildman–Crippen LogP) is 1.74. The first kappa shape index (κ1) is 17.8. The molecular formula is C17H25FN2O3S. The Labute approximate surface area is 143 Å². The summed E-state index contributed by atoms with van der Waals surface area (Å²) in [6, 6.07) is 6.12. The average Bonchev–Trinajstić information content (AvgIpc) is 2.89. The Bertz CT molecular complexity index is 680. The summed E-state index contributed by atoms with van der Waals surface area (Å²) in [6.07, 6.45) is 0.941. The maximum Gasteiger partial charge on any atom is 0.216 e. The molecule has 0 amide bonds. The molecule has 0 spiro atoms. The molecule has 0 bridgehead atoms. The van der Waals surface area contributed by atoms with Gasteiger partial charge in [-0.05, 0) is 18.4 Å². The molecule has 0 radical (unpaired) electrons. The van der Waals surface area contributed by atoms with E-state index in [0.29, 0.717) is 19.1 Å². The zero-order chi connectivity index (χ0) is 17.3. The molecule has 5 nitrogen and oxygen atoms in total. The van der Waals surface area contributed by atoms with Crippen LogP contribution in [0.5, 0.6) is 0 Å². The van der Waals surface area contributed by atoms with Gasteiger partial charge in [-0.3, -0.25) is 4.90 Å². The normalized spacial score (nSPS) is 28.2. The van der Waals surface area contributed by atoms with Gasteiger partial charge in [-0.1, -0.05) is 32.0 Å². The van der Waals surface area contributed by atoms with Crippen molar-refractivity contribution in [2.45, 2.75) is 44.2 Å². The quantitative estimate of drug-likeness (QED) is 0.873. The second-order valence-corrected chi connectivity index (χ2v) is 8.88. The third-order valence-corrected chi connectivity index (χ3v) is 6.22. The summed E-state index contributed by atoms with van der Waals surface area (Å²) in [5.74, 6) is -0.367. The molecule has 2 heterocycles. The largest absolute Gasteiger partial charge is 0.375 e. The number of fused-ring (bicyclic) bond motifs is 1. The number of hydrogen-bond acceptors (Lipinski definition) is 4. The van der Waals surface area contributed by atoms with Crippen LogP contribution in [-0.4, -0.2) is 51.2 Å². The van der Waals surface area contributed by atoms with Crippen LogP contribution in [0.2, 0.25) is 0 Å². The van der Waals surface area contributed by atoms with Gasteiger partial charge in [-0.25, -0.2) is 17.5 Å². The molecule has 3 atom stereocenters. The molecule has 1 aromatic carbocycles. The molecule has 1 N–H and O–H groups in total. The molecule has 0 saturated carbocycles. The van der Waals surface area contributed by atoms with Gasteiger partial charge in [0.15, 0.2) is 0 Å². The topological polar surface area (TPSA) is 58.6 Å². The van der Waals surface area contributed by atoms with Crippen molar-refractivity contribution >= 4 is 10.0 Å². The lowest BCUT2D eigenvalue weighted by molar-refractivity contribution is -0.0683. The summed E-state index contributed by atoms with van der Waals surface area (Å²) < 4.78 is 47.0. The van der Waals surface area contributed by atoms with Crippen molar-refractivity contribution in [1.29, 1.82) is 0 Å². The molecule has 1 aromatic rings. The van der Waals surface area contributed by atoms with Gasteiger partial charge < -0.3 is 4.74 Å². The summed E-state index contributed by atoms with van der Waals surface area (Å²) in [6.45, 7) is 6.45. The van der Waals surface area contributed by atoms with E-state index >= 15 is 0 Å². The Hall–Kier alpha value is -1.02. The highest BCUT2D eigenvalue weighted by Crippen LogP contribution is 2.26. The number of ether oxygens (including phenoxy) is 1. The first-order chi connectivity index (χ1) is 11.3. The van der Waals surface area contributed by atoms with Gasteiger partial charge in [0.2, 0.25) is 10.0 Å². The van der Waals surface area contributed by atoms with Crippen LogP contribution in [0.1, 0.15) is 25.8 Å². The molecule has 134 valence electrons. The Balaban J connectivity index is 1.60. The number of sulfonamides is 1. The molecule has 2 saturated heterocycles. The Kier molecular flexibility index (Phi) is 5.24. The van der Waals surface area contributed by atoms with E-state index in [1.807, 2.05) is 0 Å². The van der Waals surface area contributed by atoms with Crippen LogP contribution >= 0.6 is 0 Å². The fraction of sp³-hybridized carbons (Fsp3) is 0.647. The maximum atomic E-state index is 13.7. The lowest BCUT2D eigenvalue weighted by atomic mass is 10.0. The molecule has 2 fully saturated rings. The number of hydrogen-bond donors (Lipinski definition) is 1. The summed E-state index contributed by atoms with van der Waals surface area (Å²) in [5.41, 5.74) is 0.198. The van der Waals surface area contributed by atoms with Crippen LogP contribution in [-0.2, 0) is 20.5 Å². The summed E-state index contributed by atoms with van der Waals surface area (Å²) in [4.78, 5) is 2.31. The van der Waals surface area contributed by atoms with Gasteiger partial charge >= 0.3 is 0 Å². The highest BCUT2D eigenvalue weighted by Gasteiger charge is 2.39. The van der Waals surface area contributed by atoms with Crippen molar-refractivity contribution in [1.82, 2.24) is 9.62 Å². The highest BCUT2D eigenvalue weighted by atomic mass is 32.2. The van der Waals surface area contributed by atoms with E-state index in [2.05, 4.69) is 23.5 Å². The lowest BCUT2D eigenvalue weighted by Crippen LogP contribution is -2.48. The number of nitrogens with zero attached hydrogens (tertiary/aromatic N) is 1. The van der Waals surface area contributed by atoms with Crippen LogP contribution < -0.4 is 4.72 Å². The Morgan fingerprint density at radius 2 is 2.08 bits per heavy atom. The minimum atomic E-state index is -3.57. The monoisotopic (exact) mass is 356 g/mol. The number of halogens is 1. The smallest absolute Gasteiger partial charge is 0.216 e. The van der Waals surface area contributed by atoms with E-state index in [1.54, 1.807) is 12.1 Å². The van der Waals surface area contributed by atoms with Gasteiger partial charge in [0.05, 0.1) is 18.5 Å². The van der Waals surface area contributed by atoms with E-state index in [0.717, 1.165) is 13.0 Å². The van der Waals surface area contributed by atoms with Crippen LogP contribution in [0.15, 0.2) is 24.3 Å². The van der Waals surface area contributed by atoms with Crippen LogP contribution in [0.4, 0.5) is 4.39 Å². The predicted molar refractivity (Wildman–Crippen MR) is 90.5 cm³/mol. The summed E-state index contributed by atoms with van der Waals surface area (Å²) in [5, 5.41) is 0. The zero-order valence-corrected chi connectivity index (χ0v) is 14.9. The molecule has 7 heteroatoms. The van der Waals surface area contributed by atoms with Gasteiger partial charge in [0.1, 0.15) is 5.82 Å². The third kappa shape index (κ3) is 4.14. The Morgan fingerprint density at radius 3 is 2.79 bits per heavy atom. The van der Waals surface area contributed by atoms with Crippen molar-refractivity contribution in [2.75, 3.05) is 19.7 Å². The fourth-order valence-electron chi connectivity index (χ4n) is 3.50. The lowest BCUT2D eigenvalue weighted by Gasteiger charge is -2.36. The second kappa shape index (κ2) is 7.07. The van der Waals surface area contributed by atoms with Gasteiger partial charge in [0, 0.05) is 30.7 Å². The van der Waals surface area contributed by atoms with Crippen LogP contribution in [0.25, 0.3) is 0 Å². The van der Waals surface area contributed by atoms with Gasteiger partial charge in [0.25, 0.3) is 0 Å². The summed E-state index contributed by atoms with van der Waals surface area (Å²) in [7, 11) is -3.57. The number of nitrogens with one attached hydrogen (secondary N) is 1. The molecule has 2 aliphatic heterocycles. The van der Waals surface area contributed by atoms with E-state index < -0.39 is 15.8 Å². The number of benzene rings is 1. The van der Waals surface area contributed by atoms with Crippen molar-refractivity contribution in [2.24, 2.45) is 5.92 Å². The van der Waals surface area contributed by atoms with Crippen LogP contribution in [0, 0.1) is 11.7 Å². The molecule has 3 rings (SSSR count). The van der Waals surface area contributed by atoms with E-state index in [9.17, 15) is 12.8 Å². The van der Waals surface area contributed by atoms with Crippen LogP contribution in [0.3, 0.4) is 0 Å². The standard InChI is InChI=1S/C17H25FN2O3S/c1-12(2)17-9-20-8-14(7-15(20)10-23-17)19-24(21,22)11-13-5-3-4-6-16(13)18/h3-6,12,14-15,17,19H,7-11H2,1-2H3/t14-,15-,17-/m0/s1. The van der Waals surface area contributed by atoms with E-state index in [1.165, 1.54) is 12.1 Å². The molecule has 0 unspecified atom stereocenters. The summed E-state index contributed by atoms with van der Waals surface area (Å²) >= 11 is 0. The number of rotatable bonds is 5. The second-order valence-electron chi connectivity index (χ2n) is 7.12.